The highest BCUT2D eigenvalue weighted by Gasteiger charge is 2.19. The molecule has 174 valence electrons. The molecule has 4 aromatic rings. The third-order valence-electron chi connectivity index (χ3n) is 5.95. The number of pyridine rings is 2. The molecule has 1 fully saturated rings. The number of hydrogen-bond acceptors (Lipinski definition) is 7. The number of nitrogens with one attached hydrogen (secondary N) is 1. The predicted molar refractivity (Wildman–Crippen MR) is 127 cm³/mol. The van der Waals surface area contributed by atoms with Crippen molar-refractivity contribution in [2.45, 2.75) is 35.6 Å². The van der Waals surface area contributed by atoms with Crippen LogP contribution in [0.2, 0.25) is 0 Å². The topological polar surface area (TPSA) is 105 Å². The van der Waals surface area contributed by atoms with Crippen molar-refractivity contribution in [3.05, 3.63) is 78.6 Å². The number of nitrogens with zero attached hydrogens (tertiary/aromatic N) is 3. The molecule has 9 heteroatoms. The molecule has 0 aliphatic carbocycles. The van der Waals surface area contributed by atoms with Crippen LogP contribution in [-0.4, -0.2) is 37.4 Å². The third kappa shape index (κ3) is 4.51. The Hall–Kier alpha value is -3.72. The van der Waals surface area contributed by atoms with E-state index in [1.165, 1.54) is 18.7 Å². The Morgan fingerprint density at radius 2 is 1.74 bits per heavy atom. The van der Waals surface area contributed by atoms with E-state index in [4.69, 9.17) is 4.42 Å². The first-order valence-electron chi connectivity index (χ1n) is 11.2. The summed E-state index contributed by atoms with van der Waals surface area (Å²) >= 11 is 0. The van der Waals surface area contributed by atoms with E-state index in [9.17, 15) is 13.2 Å². The van der Waals surface area contributed by atoms with Gasteiger partial charge in [0.05, 0.1) is 28.2 Å². The molecule has 0 spiro atoms. The molecule has 1 saturated heterocycles. The normalized spacial score (nSPS) is 14.3. The molecular weight excluding hydrogens is 452 g/mol. The number of piperidine rings is 1. The van der Waals surface area contributed by atoms with Crippen LogP contribution in [0.25, 0.3) is 11.0 Å². The zero-order valence-electron chi connectivity index (χ0n) is 18.5. The Morgan fingerprint density at radius 3 is 2.44 bits per heavy atom. The van der Waals surface area contributed by atoms with E-state index in [1.54, 1.807) is 42.7 Å². The number of amides is 1. The summed E-state index contributed by atoms with van der Waals surface area (Å²) in [6.45, 7) is 2.14. The van der Waals surface area contributed by atoms with E-state index < -0.39 is 9.84 Å². The number of furan rings is 1. The van der Waals surface area contributed by atoms with E-state index in [-0.39, 0.29) is 28.0 Å². The SMILES string of the molecule is O=C(NCc1ccc(S(=O)(=O)c2ccc(N3CCCCC3)cc2)cn1)c1cc2ccncc2o1. The molecule has 1 N–H and O–H groups in total. The molecule has 1 amide bonds. The molecule has 0 bridgehead atoms. The Balaban J connectivity index is 1.24. The minimum atomic E-state index is -3.68. The number of hydrogen-bond donors (Lipinski definition) is 1. The number of aromatic nitrogens is 2. The molecule has 1 aliphatic heterocycles. The van der Waals surface area contributed by atoms with Crippen molar-refractivity contribution in [2.24, 2.45) is 0 Å². The second-order valence-electron chi connectivity index (χ2n) is 8.24. The van der Waals surface area contributed by atoms with Gasteiger partial charge in [-0.25, -0.2) is 8.42 Å². The number of sulfone groups is 1. The molecule has 0 unspecified atom stereocenters. The van der Waals surface area contributed by atoms with E-state index in [1.807, 2.05) is 12.1 Å². The minimum Gasteiger partial charge on any atom is -0.449 e. The first kappa shape index (κ1) is 22.1. The molecule has 5 rings (SSSR count). The molecule has 1 aliphatic rings. The lowest BCUT2D eigenvalue weighted by Gasteiger charge is -2.28. The van der Waals surface area contributed by atoms with Gasteiger partial charge < -0.3 is 14.6 Å². The van der Waals surface area contributed by atoms with Gasteiger partial charge in [-0.3, -0.25) is 14.8 Å². The Morgan fingerprint density at radius 1 is 0.971 bits per heavy atom. The Kier molecular flexibility index (Phi) is 6.02. The molecule has 0 radical (unpaired) electrons. The molecular formula is C25H24N4O4S. The van der Waals surface area contributed by atoms with Crippen molar-refractivity contribution in [3.8, 4) is 0 Å². The largest absolute Gasteiger partial charge is 0.449 e. The smallest absolute Gasteiger partial charge is 0.287 e. The number of carbonyl (C=O) groups is 1. The van der Waals surface area contributed by atoms with E-state index in [0.717, 1.165) is 37.0 Å². The summed E-state index contributed by atoms with van der Waals surface area (Å²) in [6, 6.07) is 13.5. The van der Waals surface area contributed by atoms with Gasteiger partial charge in [-0.05, 0) is 67.8 Å². The van der Waals surface area contributed by atoms with Crippen LogP contribution in [0, 0.1) is 0 Å². The number of carbonyl (C=O) groups excluding carboxylic acids is 1. The molecule has 4 heterocycles. The average molecular weight is 477 g/mol. The molecule has 0 atom stereocenters. The standard InChI is InChI=1S/C25H24N4O4S/c30-25(23-14-18-10-11-26-17-24(18)33-23)28-15-19-4-7-22(16-27-19)34(31,32)21-8-5-20(6-9-21)29-12-2-1-3-13-29/h4-11,14,16-17H,1-3,12-13,15H2,(H,28,30). The first-order chi connectivity index (χ1) is 16.5. The van der Waals surface area contributed by atoms with Gasteiger partial charge in [-0.15, -0.1) is 0 Å². The maximum absolute atomic E-state index is 13.0. The summed E-state index contributed by atoms with van der Waals surface area (Å²) in [5.74, 6) is -0.210. The molecule has 0 saturated carbocycles. The number of rotatable bonds is 6. The van der Waals surface area contributed by atoms with E-state index in [0.29, 0.717) is 11.3 Å². The summed E-state index contributed by atoms with van der Waals surface area (Å²) in [6.07, 6.45) is 8.06. The lowest BCUT2D eigenvalue weighted by Crippen LogP contribution is -2.29. The predicted octanol–water partition coefficient (Wildman–Crippen LogP) is 3.98. The van der Waals surface area contributed by atoms with Crippen LogP contribution in [0.1, 0.15) is 35.5 Å². The van der Waals surface area contributed by atoms with Gasteiger partial charge in [0.2, 0.25) is 9.84 Å². The van der Waals surface area contributed by atoms with Crippen LogP contribution in [0.15, 0.2) is 81.3 Å². The van der Waals surface area contributed by atoms with Gasteiger partial charge in [0.1, 0.15) is 0 Å². The Bertz CT molecular complexity index is 1370. The summed E-state index contributed by atoms with van der Waals surface area (Å²) < 4.78 is 31.6. The molecule has 1 aromatic carbocycles. The van der Waals surface area contributed by atoms with E-state index in [2.05, 4.69) is 20.2 Å². The van der Waals surface area contributed by atoms with Gasteiger partial charge in [0.15, 0.2) is 11.3 Å². The van der Waals surface area contributed by atoms with Gasteiger partial charge >= 0.3 is 0 Å². The minimum absolute atomic E-state index is 0.109. The van der Waals surface area contributed by atoms with Crippen LogP contribution >= 0.6 is 0 Å². The van der Waals surface area contributed by atoms with Crippen LogP contribution < -0.4 is 10.2 Å². The van der Waals surface area contributed by atoms with Crippen LogP contribution in [0.3, 0.4) is 0 Å². The second-order valence-corrected chi connectivity index (χ2v) is 10.2. The van der Waals surface area contributed by atoms with E-state index >= 15 is 0 Å². The maximum Gasteiger partial charge on any atom is 0.287 e. The van der Waals surface area contributed by atoms with Gasteiger partial charge in [-0.1, -0.05) is 0 Å². The van der Waals surface area contributed by atoms with Gasteiger partial charge in [-0.2, -0.15) is 0 Å². The van der Waals surface area contributed by atoms with Crippen molar-refractivity contribution in [2.75, 3.05) is 18.0 Å². The summed E-state index contributed by atoms with van der Waals surface area (Å²) in [5.41, 5.74) is 2.11. The molecule has 34 heavy (non-hydrogen) atoms. The zero-order valence-corrected chi connectivity index (χ0v) is 19.3. The van der Waals surface area contributed by atoms with Crippen LogP contribution in [-0.2, 0) is 16.4 Å². The second kappa shape index (κ2) is 9.26. The monoisotopic (exact) mass is 476 g/mol. The van der Waals surface area contributed by atoms with Crippen molar-refractivity contribution in [3.63, 3.8) is 0 Å². The fraction of sp³-hybridized carbons (Fsp3) is 0.240. The number of anilines is 1. The lowest BCUT2D eigenvalue weighted by molar-refractivity contribution is 0.0925. The number of fused-ring (bicyclic) bond motifs is 1. The first-order valence-corrected chi connectivity index (χ1v) is 12.7. The summed E-state index contributed by atoms with van der Waals surface area (Å²) in [5, 5.41) is 3.52. The van der Waals surface area contributed by atoms with Crippen LogP contribution in [0.4, 0.5) is 5.69 Å². The fourth-order valence-corrected chi connectivity index (χ4v) is 5.26. The highest BCUT2D eigenvalue weighted by molar-refractivity contribution is 7.91. The maximum atomic E-state index is 13.0. The Labute approximate surface area is 197 Å². The lowest BCUT2D eigenvalue weighted by atomic mass is 10.1. The van der Waals surface area contributed by atoms with Crippen molar-refractivity contribution < 1.29 is 17.6 Å². The highest BCUT2D eigenvalue weighted by Crippen LogP contribution is 2.25. The zero-order chi connectivity index (χ0) is 23.5. The van der Waals surface area contributed by atoms with Crippen LogP contribution in [0.5, 0.6) is 0 Å². The van der Waals surface area contributed by atoms with Crippen molar-refractivity contribution in [1.29, 1.82) is 0 Å². The van der Waals surface area contributed by atoms with Gasteiger partial charge in [0.25, 0.3) is 5.91 Å². The van der Waals surface area contributed by atoms with Crippen molar-refractivity contribution in [1.82, 2.24) is 15.3 Å². The summed E-state index contributed by atoms with van der Waals surface area (Å²) in [4.78, 5) is 23.2. The third-order valence-corrected chi connectivity index (χ3v) is 7.71. The van der Waals surface area contributed by atoms with Crippen molar-refractivity contribution >= 4 is 32.4 Å². The number of benzene rings is 1. The average Bonchev–Trinajstić information content (AvgIpc) is 3.33. The summed E-state index contributed by atoms with van der Waals surface area (Å²) in [7, 11) is -3.68. The highest BCUT2D eigenvalue weighted by atomic mass is 32.2. The van der Waals surface area contributed by atoms with Gasteiger partial charge in [0, 0.05) is 36.6 Å². The fourth-order valence-electron chi connectivity index (χ4n) is 4.05. The quantitative estimate of drug-likeness (QED) is 0.449. The molecule has 8 nitrogen and oxygen atoms in total. The molecule has 3 aromatic heterocycles.